The largest absolute Gasteiger partial charge is 0.373 e. The van der Waals surface area contributed by atoms with Crippen molar-refractivity contribution in [2.45, 2.75) is 23.4 Å². The molecule has 3 heterocycles. The van der Waals surface area contributed by atoms with Gasteiger partial charge in [0.1, 0.15) is 16.8 Å². The van der Waals surface area contributed by atoms with E-state index in [-0.39, 0.29) is 12.1 Å². The highest BCUT2D eigenvalue weighted by molar-refractivity contribution is 8.00. The summed E-state index contributed by atoms with van der Waals surface area (Å²) in [5, 5.41) is 3.47. The van der Waals surface area contributed by atoms with Crippen molar-refractivity contribution in [1.29, 1.82) is 0 Å². The first kappa shape index (κ1) is 15.0. The Balaban J connectivity index is 1.79. The minimum Gasteiger partial charge on any atom is -0.373 e. The number of anilines is 1. The molecule has 0 radical (unpaired) electrons. The summed E-state index contributed by atoms with van der Waals surface area (Å²) in [4.78, 5) is 15.4. The quantitative estimate of drug-likeness (QED) is 0.862. The fraction of sp³-hybridized carbons (Fsp3) is 0.615. The van der Waals surface area contributed by atoms with Gasteiger partial charge in [-0.1, -0.05) is 11.8 Å². The normalized spacial score (nSPS) is 21.6. The Labute approximate surface area is 132 Å². The van der Waals surface area contributed by atoms with E-state index < -0.39 is 0 Å². The Kier molecular flexibility index (Phi) is 4.58. The van der Waals surface area contributed by atoms with Crippen molar-refractivity contribution in [3.8, 4) is 0 Å². The number of nitrogens with zero attached hydrogens (tertiary/aromatic N) is 4. The van der Waals surface area contributed by atoms with Gasteiger partial charge in [0.15, 0.2) is 9.99 Å². The molecule has 8 heteroatoms. The molecule has 1 saturated heterocycles. The molecular formula is C13H19N5OS2. The van der Waals surface area contributed by atoms with Gasteiger partial charge < -0.3 is 15.0 Å². The highest BCUT2D eigenvalue weighted by atomic mass is 32.2. The average Bonchev–Trinajstić information content (AvgIpc) is 2.91. The minimum absolute atomic E-state index is 0.168. The molecule has 114 valence electrons. The number of thioether (sulfide) groups is 1. The van der Waals surface area contributed by atoms with Crippen molar-refractivity contribution in [2.75, 3.05) is 38.3 Å². The topological polar surface area (TPSA) is 63.2 Å². The van der Waals surface area contributed by atoms with Crippen molar-refractivity contribution in [2.24, 2.45) is 0 Å². The fourth-order valence-corrected chi connectivity index (χ4v) is 3.81. The van der Waals surface area contributed by atoms with Crippen molar-refractivity contribution < 1.29 is 4.74 Å². The predicted octanol–water partition coefficient (Wildman–Crippen LogP) is 1.94. The van der Waals surface area contributed by atoms with Gasteiger partial charge in [-0.15, -0.1) is 11.3 Å². The third kappa shape index (κ3) is 3.28. The standard InChI is InChI=1S/C13H19N5OS2/c1-8(9-6-18(2)4-5-19-9)16-11-10-12(15-7-14-11)17-13(20-3)21-10/h7-9H,4-6H2,1-3H3,(H,14,15,16). The lowest BCUT2D eigenvalue weighted by Crippen LogP contribution is -2.47. The van der Waals surface area contributed by atoms with Crippen LogP contribution in [0.2, 0.25) is 0 Å². The van der Waals surface area contributed by atoms with Gasteiger partial charge in [0.2, 0.25) is 0 Å². The molecule has 2 unspecified atom stereocenters. The van der Waals surface area contributed by atoms with E-state index in [1.165, 1.54) is 0 Å². The van der Waals surface area contributed by atoms with Crippen LogP contribution in [-0.4, -0.2) is 65.0 Å². The number of nitrogens with one attached hydrogen (secondary N) is 1. The smallest absolute Gasteiger partial charge is 0.176 e. The van der Waals surface area contributed by atoms with Crippen LogP contribution >= 0.6 is 23.1 Å². The third-order valence-corrected chi connectivity index (χ3v) is 5.60. The molecule has 0 saturated carbocycles. The van der Waals surface area contributed by atoms with Gasteiger partial charge >= 0.3 is 0 Å². The second-order valence-electron chi connectivity index (χ2n) is 5.16. The molecule has 0 spiro atoms. The summed E-state index contributed by atoms with van der Waals surface area (Å²) >= 11 is 3.26. The lowest BCUT2D eigenvalue weighted by molar-refractivity contribution is -0.0259. The zero-order chi connectivity index (χ0) is 14.8. The number of aromatic nitrogens is 3. The molecule has 2 atom stereocenters. The number of hydrogen-bond acceptors (Lipinski definition) is 8. The van der Waals surface area contributed by atoms with Crippen LogP contribution in [0.15, 0.2) is 10.7 Å². The van der Waals surface area contributed by atoms with Crippen LogP contribution in [0.3, 0.4) is 0 Å². The molecule has 0 bridgehead atoms. The van der Waals surface area contributed by atoms with Gasteiger partial charge in [0.25, 0.3) is 0 Å². The number of hydrogen-bond donors (Lipinski definition) is 1. The van der Waals surface area contributed by atoms with Gasteiger partial charge in [-0.2, -0.15) is 0 Å². The second kappa shape index (κ2) is 6.43. The first-order valence-corrected chi connectivity index (χ1v) is 8.93. The summed E-state index contributed by atoms with van der Waals surface area (Å²) in [6, 6.07) is 0.186. The van der Waals surface area contributed by atoms with E-state index in [1.807, 2.05) is 6.26 Å². The van der Waals surface area contributed by atoms with Gasteiger partial charge in [0, 0.05) is 13.1 Å². The molecule has 6 nitrogen and oxygen atoms in total. The molecule has 1 fully saturated rings. The van der Waals surface area contributed by atoms with E-state index >= 15 is 0 Å². The highest BCUT2D eigenvalue weighted by Gasteiger charge is 2.24. The Bertz CT molecular complexity index is 620. The first-order chi connectivity index (χ1) is 10.2. The van der Waals surface area contributed by atoms with Crippen LogP contribution in [-0.2, 0) is 4.74 Å². The predicted molar refractivity (Wildman–Crippen MR) is 87.3 cm³/mol. The molecular weight excluding hydrogens is 306 g/mol. The Hall–Kier alpha value is -0.960. The summed E-state index contributed by atoms with van der Waals surface area (Å²) in [6.45, 7) is 4.84. The molecule has 1 aliphatic rings. The number of morpholine rings is 1. The maximum atomic E-state index is 5.86. The van der Waals surface area contributed by atoms with Gasteiger partial charge in [0.05, 0.1) is 18.8 Å². The monoisotopic (exact) mass is 325 g/mol. The molecule has 1 aliphatic heterocycles. The number of rotatable bonds is 4. The Morgan fingerprint density at radius 3 is 3.14 bits per heavy atom. The number of thiazole rings is 1. The number of fused-ring (bicyclic) bond motifs is 1. The molecule has 0 aromatic carbocycles. The lowest BCUT2D eigenvalue weighted by atomic mass is 10.1. The van der Waals surface area contributed by atoms with Crippen molar-refractivity contribution in [3.05, 3.63) is 6.33 Å². The highest BCUT2D eigenvalue weighted by Crippen LogP contribution is 2.31. The maximum Gasteiger partial charge on any atom is 0.176 e. The van der Waals surface area contributed by atoms with E-state index in [4.69, 9.17) is 4.74 Å². The van der Waals surface area contributed by atoms with Gasteiger partial charge in [-0.25, -0.2) is 15.0 Å². The van der Waals surface area contributed by atoms with E-state index in [9.17, 15) is 0 Å². The molecule has 0 amide bonds. The zero-order valence-electron chi connectivity index (χ0n) is 12.4. The summed E-state index contributed by atoms with van der Waals surface area (Å²) in [6.07, 6.45) is 3.75. The summed E-state index contributed by atoms with van der Waals surface area (Å²) in [5.41, 5.74) is 0.760. The number of ether oxygens (including phenoxy) is 1. The van der Waals surface area contributed by atoms with Crippen molar-refractivity contribution in [3.63, 3.8) is 0 Å². The van der Waals surface area contributed by atoms with Crippen LogP contribution in [0, 0.1) is 0 Å². The van der Waals surface area contributed by atoms with Gasteiger partial charge in [-0.3, -0.25) is 0 Å². The summed E-state index contributed by atoms with van der Waals surface area (Å²) < 4.78 is 7.88. The minimum atomic E-state index is 0.168. The lowest BCUT2D eigenvalue weighted by Gasteiger charge is -2.34. The van der Waals surface area contributed by atoms with Crippen molar-refractivity contribution >= 4 is 39.3 Å². The van der Waals surface area contributed by atoms with Crippen LogP contribution in [0.5, 0.6) is 0 Å². The molecule has 0 aliphatic carbocycles. The third-order valence-electron chi connectivity index (χ3n) is 3.56. The average molecular weight is 325 g/mol. The molecule has 3 rings (SSSR count). The summed E-state index contributed by atoms with van der Waals surface area (Å²) in [5.74, 6) is 0.849. The SMILES string of the molecule is CSc1nc2ncnc(NC(C)C3CN(C)CCO3)c2s1. The molecule has 1 N–H and O–H groups in total. The first-order valence-electron chi connectivity index (χ1n) is 6.89. The molecule has 2 aromatic rings. The number of likely N-dealkylation sites (N-methyl/N-ethyl adjacent to an activating group) is 1. The summed E-state index contributed by atoms with van der Waals surface area (Å²) in [7, 11) is 2.12. The van der Waals surface area contributed by atoms with Crippen LogP contribution in [0.25, 0.3) is 10.3 Å². The zero-order valence-corrected chi connectivity index (χ0v) is 14.0. The Morgan fingerprint density at radius 2 is 2.38 bits per heavy atom. The van der Waals surface area contributed by atoms with Crippen molar-refractivity contribution in [1.82, 2.24) is 19.9 Å². The van der Waals surface area contributed by atoms with Crippen LogP contribution in [0.4, 0.5) is 5.82 Å². The molecule has 21 heavy (non-hydrogen) atoms. The molecule has 2 aromatic heterocycles. The van der Waals surface area contributed by atoms with Gasteiger partial charge in [-0.05, 0) is 20.2 Å². The maximum absolute atomic E-state index is 5.86. The van der Waals surface area contributed by atoms with Crippen LogP contribution < -0.4 is 5.32 Å². The van der Waals surface area contributed by atoms with E-state index in [2.05, 4.69) is 39.1 Å². The van der Waals surface area contributed by atoms with Crippen LogP contribution in [0.1, 0.15) is 6.92 Å². The Morgan fingerprint density at radius 1 is 1.52 bits per heavy atom. The van der Waals surface area contributed by atoms with E-state index in [1.54, 1.807) is 29.4 Å². The van der Waals surface area contributed by atoms with E-state index in [0.29, 0.717) is 0 Å². The van der Waals surface area contributed by atoms with E-state index in [0.717, 1.165) is 40.2 Å². The second-order valence-corrected chi connectivity index (χ2v) is 7.22. The fourth-order valence-electron chi connectivity index (χ4n) is 2.35.